The molecule has 0 unspecified atom stereocenters. The molecule has 4 rings (SSSR count). The zero-order valence-electron chi connectivity index (χ0n) is 18.6. The van der Waals surface area contributed by atoms with E-state index in [0.29, 0.717) is 28.2 Å². The van der Waals surface area contributed by atoms with Crippen LogP contribution in [0.2, 0.25) is 0 Å². The number of amides is 2. The summed E-state index contributed by atoms with van der Waals surface area (Å²) < 4.78 is 10.7. The first-order chi connectivity index (χ1) is 16.3. The molecule has 2 amide bonds. The Kier molecular flexibility index (Phi) is 6.29. The standard InChI is InChI=1S/C25H24N2O7/c1-13(2)17-10-18(25(31)26-11-14-3-5-15(6-4-14)24(30)27-32)23(29)21(22(17)28)16-7-8-19-20(9-16)34-12-33-19/h3-10,13,28-29,32H,11-12H2,1-2H3,(H,26,31)(H,27,30). The van der Waals surface area contributed by atoms with Crippen LogP contribution in [0.25, 0.3) is 11.1 Å². The van der Waals surface area contributed by atoms with Gasteiger partial charge in [-0.3, -0.25) is 14.8 Å². The third-order valence-electron chi connectivity index (χ3n) is 5.60. The minimum atomic E-state index is -0.637. The molecule has 9 heteroatoms. The second-order valence-electron chi connectivity index (χ2n) is 8.13. The first-order valence-electron chi connectivity index (χ1n) is 10.6. The number of carbonyl (C=O) groups excluding carboxylic acids is 2. The van der Waals surface area contributed by atoms with Crippen LogP contribution in [0.3, 0.4) is 0 Å². The quantitative estimate of drug-likeness (QED) is 0.277. The van der Waals surface area contributed by atoms with Crippen LogP contribution in [-0.4, -0.2) is 34.0 Å². The Balaban J connectivity index is 1.65. The van der Waals surface area contributed by atoms with Crippen molar-refractivity contribution >= 4 is 11.8 Å². The van der Waals surface area contributed by atoms with Crippen LogP contribution in [0.5, 0.6) is 23.0 Å². The van der Waals surface area contributed by atoms with E-state index in [9.17, 15) is 19.8 Å². The topological polar surface area (TPSA) is 137 Å². The molecule has 0 saturated carbocycles. The molecule has 3 aromatic carbocycles. The zero-order chi connectivity index (χ0) is 24.4. The minimum Gasteiger partial charge on any atom is -0.507 e. The van der Waals surface area contributed by atoms with E-state index in [1.54, 1.807) is 35.8 Å². The van der Waals surface area contributed by atoms with E-state index >= 15 is 0 Å². The maximum atomic E-state index is 13.0. The normalized spacial score (nSPS) is 12.0. The van der Waals surface area contributed by atoms with Gasteiger partial charge in [-0.1, -0.05) is 32.0 Å². The lowest BCUT2D eigenvalue weighted by atomic mass is 9.91. The van der Waals surface area contributed by atoms with Gasteiger partial charge in [0.25, 0.3) is 11.8 Å². The van der Waals surface area contributed by atoms with Crippen LogP contribution in [0, 0.1) is 0 Å². The molecule has 34 heavy (non-hydrogen) atoms. The number of nitrogens with one attached hydrogen (secondary N) is 2. The summed E-state index contributed by atoms with van der Waals surface area (Å²) in [6.45, 7) is 3.97. The number of hydrogen-bond donors (Lipinski definition) is 5. The number of phenolic OH excluding ortho intramolecular Hbond substituents is 2. The third kappa shape index (κ3) is 4.33. The van der Waals surface area contributed by atoms with E-state index in [1.807, 2.05) is 13.8 Å². The van der Waals surface area contributed by atoms with Crippen molar-refractivity contribution in [3.8, 4) is 34.1 Å². The first kappa shape index (κ1) is 22.9. The highest BCUT2D eigenvalue weighted by molar-refractivity contribution is 6.01. The highest BCUT2D eigenvalue weighted by atomic mass is 16.7. The maximum absolute atomic E-state index is 13.0. The molecule has 0 radical (unpaired) electrons. The van der Waals surface area contributed by atoms with E-state index in [4.69, 9.17) is 14.7 Å². The van der Waals surface area contributed by atoms with E-state index in [-0.39, 0.29) is 47.4 Å². The fourth-order valence-electron chi connectivity index (χ4n) is 3.74. The molecular formula is C25H24N2O7. The first-order valence-corrected chi connectivity index (χ1v) is 10.6. The predicted octanol–water partition coefficient (Wildman–Crippen LogP) is 3.67. The number of benzene rings is 3. The van der Waals surface area contributed by atoms with Crippen molar-refractivity contribution in [3.63, 3.8) is 0 Å². The van der Waals surface area contributed by atoms with E-state index in [0.717, 1.165) is 0 Å². The number of rotatable bonds is 6. The fraction of sp³-hybridized carbons (Fsp3) is 0.200. The van der Waals surface area contributed by atoms with Crippen molar-refractivity contribution in [2.75, 3.05) is 6.79 Å². The second-order valence-corrected chi connectivity index (χ2v) is 8.13. The zero-order valence-corrected chi connectivity index (χ0v) is 18.6. The smallest absolute Gasteiger partial charge is 0.274 e. The van der Waals surface area contributed by atoms with E-state index in [1.165, 1.54) is 18.2 Å². The van der Waals surface area contributed by atoms with Gasteiger partial charge in [-0.05, 0) is 52.9 Å². The maximum Gasteiger partial charge on any atom is 0.274 e. The molecule has 5 N–H and O–H groups in total. The Morgan fingerprint density at radius 3 is 2.32 bits per heavy atom. The molecule has 176 valence electrons. The molecule has 0 spiro atoms. The van der Waals surface area contributed by atoms with Crippen molar-refractivity contribution in [2.24, 2.45) is 0 Å². The Bertz CT molecular complexity index is 1250. The van der Waals surface area contributed by atoms with Crippen LogP contribution in [0.1, 0.15) is 51.6 Å². The minimum absolute atomic E-state index is 0.0189. The monoisotopic (exact) mass is 464 g/mol. The van der Waals surface area contributed by atoms with Gasteiger partial charge in [0, 0.05) is 12.1 Å². The van der Waals surface area contributed by atoms with Gasteiger partial charge in [0.05, 0.1) is 11.1 Å². The van der Waals surface area contributed by atoms with Gasteiger partial charge < -0.3 is 25.0 Å². The lowest BCUT2D eigenvalue weighted by Crippen LogP contribution is -2.23. The molecule has 0 aliphatic carbocycles. The number of phenols is 2. The Labute approximate surface area is 195 Å². The molecule has 1 heterocycles. The number of ether oxygens (including phenoxy) is 2. The van der Waals surface area contributed by atoms with Crippen LogP contribution in [0.4, 0.5) is 0 Å². The molecule has 0 aromatic heterocycles. The average Bonchev–Trinajstić information content (AvgIpc) is 3.30. The SMILES string of the molecule is CC(C)c1cc(C(=O)NCc2ccc(C(=O)NO)cc2)c(O)c(-c2ccc3c(c2)OCO3)c1O. The molecule has 3 aromatic rings. The second kappa shape index (κ2) is 9.32. The summed E-state index contributed by atoms with van der Waals surface area (Å²) in [5, 5.41) is 33.4. The summed E-state index contributed by atoms with van der Waals surface area (Å²) in [5.41, 5.74) is 3.68. The lowest BCUT2D eigenvalue weighted by molar-refractivity contribution is 0.0706. The summed E-state index contributed by atoms with van der Waals surface area (Å²) in [7, 11) is 0. The van der Waals surface area contributed by atoms with E-state index < -0.39 is 11.8 Å². The summed E-state index contributed by atoms with van der Waals surface area (Å²) in [4.78, 5) is 24.5. The van der Waals surface area contributed by atoms with Crippen molar-refractivity contribution in [1.82, 2.24) is 10.8 Å². The number of hydroxylamine groups is 1. The summed E-state index contributed by atoms with van der Waals surface area (Å²) in [5.74, 6) is -0.710. The van der Waals surface area contributed by atoms with Crippen molar-refractivity contribution in [3.05, 3.63) is 70.8 Å². The van der Waals surface area contributed by atoms with Crippen molar-refractivity contribution in [2.45, 2.75) is 26.3 Å². The highest BCUT2D eigenvalue weighted by Crippen LogP contribution is 2.46. The number of hydrogen-bond acceptors (Lipinski definition) is 7. The third-order valence-corrected chi connectivity index (χ3v) is 5.60. The largest absolute Gasteiger partial charge is 0.507 e. The van der Waals surface area contributed by atoms with Crippen LogP contribution < -0.4 is 20.3 Å². The van der Waals surface area contributed by atoms with Crippen molar-refractivity contribution < 1.29 is 34.5 Å². The summed E-state index contributed by atoms with van der Waals surface area (Å²) in [6.07, 6.45) is 0. The van der Waals surface area contributed by atoms with Crippen molar-refractivity contribution in [1.29, 1.82) is 0 Å². The van der Waals surface area contributed by atoms with E-state index in [2.05, 4.69) is 5.32 Å². The van der Waals surface area contributed by atoms with Gasteiger partial charge in [0.2, 0.25) is 6.79 Å². The van der Waals surface area contributed by atoms with Gasteiger partial charge in [-0.2, -0.15) is 0 Å². The summed E-state index contributed by atoms with van der Waals surface area (Å²) in [6, 6.07) is 12.8. The number of aromatic hydroxyl groups is 2. The van der Waals surface area contributed by atoms with Crippen LogP contribution >= 0.6 is 0 Å². The highest BCUT2D eigenvalue weighted by Gasteiger charge is 2.25. The molecule has 0 atom stereocenters. The molecule has 1 aliphatic heterocycles. The van der Waals surface area contributed by atoms with Gasteiger partial charge in [0.15, 0.2) is 11.5 Å². The average molecular weight is 464 g/mol. The Morgan fingerprint density at radius 1 is 0.941 bits per heavy atom. The Hall–Kier alpha value is -4.24. The van der Waals surface area contributed by atoms with Gasteiger partial charge in [-0.15, -0.1) is 0 Å². The van der Waals surface area contributed by atoms with Crippen LogP contribution in [0.15, 0.2) is 48.5 Å². The van der Waals surface area contributed by atoms with Crippen LogP contribution in [-0.2, 0) is 6.54 Å². The molecule has 0 bridgehead atoms. The van der Waals surface area contributed by atoms with Gasteiger partial charge in [0.1, 0.15) is 11.5 Å². The molecular weight excluding hydrogens is 440 g/mol. The number of fused-ring (bicyclic) bond motifs is 1. The molecule has 9 nitrogen and oxygen atoms in total. The fourth-order valence-corrected chi connectivity index (χ4v) is 3.74. The molecule has 0 fully saturated rings. The summed E-state index contributed by atoms with van der Waals surface area (Å²) >= 11 is 0. The number of carbonyl (C=O) groups is 2. The van der Waals surface area contributed by atoms with Gasteiger partial charge in [-0.25, -0.2) is 5.48 Å². The molecule has 1 aliphatic rings. The lowest BCUT2D eigenvalue weighted by Gasteiger charge is -2.18. The molecule has 0 saturated heterocycles. The predicted molar refractivity (Wildman–Crippen MR) is 122 cm³/mol. The Morgan fingerprint density at radius 2 is 1.65 bits per heavy atom. The van der Waals surface area contributed by atoms with Gasteiger partial charge >= 0.3 is 0 Å².